The molecule has 3 aromatic rings. The van der Waals surface area contributed by atoms with Gasteiger partial charge in [-0.15, -0.1) is 0 Å². The van der Waals surface area contributed by atoms with Gasteiger partial charge in [0, 0.05) is 18.0 Å². The average Bonchev–Trinajstić information content (AvgIpc) is 3.29. The number of pyridine rings is 1. The number of carbonyl (C=O) groups is 2. The summed E-state index contributed by atoms with van der Waals surface area (Å²) in [4.78, 5) is 32.6. The van der Waals surface area contributed by atoms with Crippen molar-refractivity contribution in [3.8, 4) is 11.5 Å². The predicted octanol–water partition coefficient (Wildman–Crippen LogP) is 3.98. The minimum absolute atomic E-state index is 0.0214. The van der Waals surface area contributed by atoms with Crippen LogP contribution < -0.4 is 10.1 Å². The molecule has 1 aliphatic rings. The maximum Gasteiger partial charge on any atom is 0.341 e. The van der Waals surface area contributed by atoms with Crippen molar-refractivity contribution >= 4 is 29.0 Å². The number of carboxylic acid groups (broad SMARTS) is 1. The van der Waals surface area contributed by atoms with E-state index in [1.165, 1.54) is 23.5 Å². The lowest BCUT2D eigenvalue weighted by Crippen LogP contribution is -2.40. The number of carbonyl (C=O) groups excluding carboxylic acids is 1. The first-order valence-corrected chi connectivity index (χ1v) is 10.5. The second-order valence-electron chi connectivity index (χ2n) is 6.85. The maximum absolute atomic E-state index is 12.5. The molecule has 3 N–H and O–H groups in total. The summed E-state index contributed by atoms with van der Waals surface area (Å²) < 4.78 is 5.45. The molecule has 3 heterocycles. The molecule has 9 heteroatoms. The van der Waals surface area contributed by atoms with Crippen LogP contribution in [-0.2, 0) is 0 Å². The van der Waals surface area contributed by atoms with E-state index in [1.54, 1.807) is 25.4 Å². The molecule has 0 saturated heterocycles. The molecular weight excluding hydrogens is 418 g/mol. The summed E-state index contributed by atoms with van der Waals surface area (Å²) >= 11 is 1.51. The Bertz CT molecular complexity index is 1150. The largest absolute Gasteiger partial charge is 0.504 e. The van der Waals surface area contributed by atoms with E-state index in [9.17, 15) is 19.8 Å². The van der Waals surface area contributed by atoms with Crippen LogP contribution in [0.25, 0.3) is 0 Å². The third kappa shape index (κ3) is 3.99. The van der Waals surface area contributed by atoms with Crippen LogP contribution in [-0.4, -0.2) is 39.5 Å². The first kappa shape index (κ1) is 20.5. The van der Waals surface area contributed by atoms with Crippen LogP contribution in [0.4, 0.5) is 4.79 Å². The second-order valence-corrected chi connectivity index (χ2v) is 7.63. The van der Waals surface area contributed by atoms with Gasteiger partial charge in [-0.25, -0.2) is 9.59 Å². The summed E-state index contributed by atoms with van der Waals surface area (Å²) in [7, 11) is 0. The number of ether oxygens (including phenoxy) is 1. The van der Waals surface area contributed by atoms with Gasteiger partial charge in [0.25, 0.3) is 0 Å². The number of hydrogen-bond donors (Lipinski definition) is 3. The number of carboxylic acids is 1. The quantitative estimate of drug-likeness (QED) is 0.536. The summed E-state index contributed by atoms with van der Waals surface area (Å²) in [6.07, 6.45) is 3.33. The fourth-order valence-corrected chi connectivity index (χ4v) is 4.35. The number of thiophene rings is 1. The average molecular weight is 437 g/mol. The lowest BCUT2D eigenvalue weighted by molar-refractivity contribution is 0.0692. The Morgan fingerprint density at radius 1 is 1.29 bits per heavy atom. The van der Waals surface area contributed by atoms with E-state index in [4.69, 9.17) is 4.74 Å². The number of aromatic nitrogens is 1. The monoisotopic (exact) mass is 437 g/mol. The number of nitrogens with one attached hydrogen (secondary N) is 1. The molecule has 2 aromatic heterocycles. The van der Waals surface area contributed by atoms with E-state index in [-0.39, 0.29) is 17.9 Å². The molecule has 0 saturated carbocycles. The molecular formula is C22H19N3O5S. The first-order valence-electron chi connectivity index (χ1n) is 9.54. The Kier molecular flexibility index (Phi) is 5.68. The van der Waals surface area contributed by atoms with Crippen molar-refractivity contribution in [1.29, 1.82) is 0 Å². The Morgan fingerprint density at radius 3 is 2.77 bits per heavy atom. The Balaban J connectivity index is 1.91. The van der Waals surface area contributed by atoms with Crippen LogP contribution in [0.5, 0.6) is 11.5 Å². The normalized spacial score (nSPS) is 18.2. The van der Waals surface area contributed by atoms with Crippen LogP contribution >= 0.6 is 11.3 Å². The smallest absolute Gasteiger partial charge is 0.341 e. The molecule has 2 amide bonds. The summed E-state index contributed by atoms with van der Waals surface area (Å²) in [6.45, 7) is 1.96. The van der Waals surface area contributed by atoms with Gasteiger partial charge in [0.15, 0.2) is 11.5 Å². The molecule has 2 atom stereocenters. The number of aromatic hydroxyl groups is 1. The van der Waals surface area contributed by atoms with Gasteiger partial charge in [0.2, 0.25) is 0 Å². The number of phenols is 1. The van der Waals surface area contributed by atoms with Crippen molar-refractivity contribution < 1.29 is 24.5 Å². The van der Waals surface area contributed by atoms with Crippen molar-refractivity contribution in [2.45, 2.75) is 18.9 Å². The number of aliphatic imine (C=N–C) groups is 1. The third-order valence-corrected chi connectivity index (χ3v) is 5.68. The van der Waals surface area contributed by atoms with E-state index in [1.807, 2.05) is 22.9 Å². The highest BCUT2D eigenvalue weighted by molar-refractivity contribution is 7.08. The Hall–Kier alpha value is -3.72. The number of hydrogen-bond acceptors (Lipinski definition) is 6. The van der Waals surface area contributed by atoms with Crippen LogP contribution in [0.15, 0.2) is 58.5 Å². The van der Waals surface area contributed by atoms with Gasteiger partial charge < -0.3 is 20.3 Å². The van der Waals surface area contributed by atoms with Crippen molar-refractivity contribution in [2.24, 2.45) is 4.99 Å². The van der Waals surface area contributed by atoms with Crippen molar-refractivity contribution in [2.75, 3.05) is 6.61 Å². The lowest BCUT2D eigenvalue weighted by atomic mass is 9.81. The van der Waals surface area contributed by atoms with Crippen LogP contribution in [0.1, 0.15) is 45.9 Å². The third-order valence-electron chi connectivity index (χ3n) is 4.98. The van der Waals surface area contributed by atoms with Gasteiger partial charge in [-0.1, -0.05) is 6.07 Å². The molecule has 0 spiro atoms. The SMILES string of the molecule is CCOc1cc(C2=NC(=O)NC(c3cccnc3)C2c2ccsc2)cc(C(=O)O)c1O. The molecule has 158 valence electrons. The topological polar surface area (TPSA) is 121 Å². The molecule has 0 bridgehead atoms. The summed E-state index contributed by atoms with van der Waals surface area (Å²) in [6, 6.07) is 7.42. The zero-order valence-electron chi connectivity index (χ0n) is 16.5. The van der Waals surface area contributed by atoms with E-state index in [2.05, 4.69) is 15.3 Å². The van der Waals surface area contributed by atoms with E-state index in [0.717, 1.165) is 11.1 Å². The molecule has 8 nitrogen and oxygen atoms in total. The lowest BCUT2D eigenvalue weighted by Gasteiger charge is -2.32. The molecule has 0 fully saturated rings. The van der Waals surface area contributed by atoms with Gasteiger partial charge in [-0.05, 0) is 53.1 Å². The van der Waals surface area contributed by atoms with Crippen LogP contribution in [0.2, 0.25) is 0 Å². The summed E-state index contributed by atoms with van der Waals surface area (Å²) in [5, 5.41) is 26.7. The van der Waals surface area contributed by atoms with Gasteiger partial charge in [0.1, 0.15) is 5.56 Å². The van der Waals surface area contributed by atoms with Gasteiger partial charge in [-0.3, -0.25) is 4.98 Å². The van der Waals surface area contributed by atoms with Crippen LogP contribution in [0.3, 0.4) is 0 Å². The Morgan fingerprint density at radius 2 is 2.13 bits per heavy atom. The van der Waals surface area contributed by atoms with Gasteiger partial charge in [-0.2, -0.15) is 16.3 Å². The van der Waals surface area contributed by atoms with E-state index in [0.29, 0.717) is 11.3 Å². The molecule has 0 aliphatic carbocycles. The molecule has 1 aliphatic heterocycles. The minimum atomic E-state index is -1.31. The molecule has 31 heavy (non-hydrogen) atoms. The van der Waals surface area contributed by atoms with E-state index < -0.39 is 29.7 Å². The number of aromatic carboxylic acids is 1. The Labute approximate surface area is 181 Å². The van der Waals surface area contributed by atoms with Crippen molar-refractivity contribution in [1.82, 2.24) is 10.3 Å². The van der Waals surface area contributed by atoms with Crippen molar-refractivity contribution in [3.05, 3.63) is 75.7 Å². The van der Waals surface area contributed by atoms with Crippen molar-refractivity contribution in [3.63, 3.8) is 0 Å². The maximum atomic E-state index is 12.5. The standard InChI is InChI=1S/C22H19N3O5S/c1-2-30-16-9-14(8-15(20(16)26)21(27)28)19-17(13-5-7-31-11-13)18(24-22(29)25-19)12-4-3-6-23-10-12/h3-11,17-18,26H,2H2,1H3,(H,24,29)(H,27,28). The molecule has 0 radical (unpaired) electrons. The number of nitrogens with zero attached hydrogens (tertiary/aromatic N) is 2. The fourth-order valence-electron chi connectivity index (χ4n) is 3.65. The first-order chi connectivity index (χ1) is 15.0. The molecule has 1 aromatic carbocycles. The van der Waals surface area contributed by atoms with Gasteiger partial charge >= 0.3 is 12.0 Å². The fraction of sp³-hybridized carbons (Fsp3) is 0.182. The minimum Gasteiger partial charge on any atom is -0.504 e. The zero-order valence-corrected chi connectivity index (χ0v) is 17.3. The zero-order chi connectivity index (χ0) is 22.0. The highest BCUT2D eigenvalue weighted by Gasteiger charge is 2.36. The van der Waals surface area contributed by atoms with E-state index >= 15 is 0 Å². The molecule has 4 rings (SSSR count). The van der Waals surface area contributed by atoms with Crippen LogP contribution in [0, 0.1) is 0 Å². The number of amides is 2. The summed E-state index contributed by atoms with van der Waals surface area (Å²) in [5.41, 5.74) is 2.16. The second kappa shape index (κ2) is 8.57. The number of rotatable bonds is 6. The summed E-state index contributed by atoms with van der Waals surface area (Å²) in [5.74, 6) is -2.14. The number of urea groups is 1. The highest BCUT2D eigenvalue weighted by atomic mass is 32.1. The highest BCUT2D eigenvalue weighted by Crippen LogP contribution is 2.40. The predicted molar refractivity (Wildman–Crippen MR) is 115 cm³/mol. The molecule has 2 unspecified atom stereocenters. The van der Waals surface area contributed by atoms with Gasteiger partial charge in [0.05, 0.1) is 24.3 Å². The number of benzene rings is 1.